The summed E-state index contributed by atoms with van der Waals surface area (Å²) in [4.78, 5) is 12.5. The minimum absolute atomic E-state index is 0.0525. The number of halogens is 1. The van der Waals surface area contributed by atoms with Gasteiger partial charge in [0, 0.05) is 6.54 Å². The van der Waals surface area contributed by atoms with Gasteiger partial charge in [-0.3, -0.25) is 4.31 Å². The first-order valence-corrected chi connectivity index (χ1v) is 11.2. The third-order valence-electron chi connectivity index (χ3n) is 4.50. The number of carbonyl (C=O) groups excluding carboxylic acids is 1. The van der Waals surface area contributed by atoms with E-state index in [0.717, 1.165) is 0 Å². The summed E-state index contributed by atoms with van der Waals surface area (Å²) in [5, 5.41) is 9.05. The highest BCUT2D eigenvalue weighted by Gasteiger charge is 2.26. The Balaban J connectivity index is 1.86. The first-order chi connectivity index (χ1) is 14.9. The molecule has 0 spiro atoms. The van der Waals surface area contributed by atoms with Gasteiger partial charge in [-0.05, 0) is 55.0 Å². The molecule has 3 aromatic rings. The Morgan fingerprint density at radius 1 is 1.06 bits per heavy atom. The summed E-state index contributed by atoms with van der Waals surface area (Å²) in [6.07, 6.45) is 0. The summed E-state index contributed by atoms with van der Waals surface area (Å²) < 4.78 is 32.9. The van der Waals surface area contributed by atoms with Crippen molar-refractivity contribution in [3.8, 4) is 6.07 Å². The van der Waals surface area contributed by atoms with Crippen molar-refractivity contribution in [2.24, 2.45) is 0 Å². The average Bonchev–Trinajstić information content (AvgIpc) is 2.78. The normalized spacial score (nSPS) is 10.9. The predicted molar refractivity (Wildman–Crippen MR) is 118 cm³/mol. The second-order valence-corrected chi connectivity index (χ2v) is 8.80. The van der Waals surface area contributed by atoms with Gasteiger partial charge in [0.25, 0.3) is 10.0 Å². The molecule has 0 heterocycles. The molecule has 31 heavy (non-hydrogen) atoms. The monoisotopic (exact) mass is 454 g/mol. The molecule has 0 aliphatic carbocycles. The van der Waals surface area contributed by atoms with Crippen molar-refractivity contribution in [2.75, 3.05) is 10.8 Å². The number of anilines is 1. The molecular formula is C23H19ClN2O4S. The maximum absolute atomic E-state index is 13.2. The number of hydrogen-bond acceptors (Lipinski definition) is 5. The van der Waals surface area contributed by atoms with Crippen molar-refractivity contribution >= 4 is 33.3 Å². The lowest BCUT2D eigenvalue weighted by Crippen LogP contribution is -2.30. The van der Waals surface area contributed by atoms with E-state index in [1.54, 1.807) is 61.5 Å². The predicted octanol–water partition coefficient (Wildman–Crippen LogP) is 4.78. The van der Waals surface area contributed by atoms with E-state index in [-0.39, 0.29) is 28.6 Å². The number of rotatable bonds is 7. The lowest BCUT2D eigenvalue weighted by Gasteiger charge is -2.23. The Labute approximate surface area is 186 Å². The van der Waals surface area contributed by atoms with Crippen molar-refractivity contribution in [3.05, 3.63) is 94.5 Å². The van der Waals surface area contributed by atoms with E-state index in [9.17, 15) is 13.2 Å². The summed E-state index contributed by atoms with van der Waals surface area (Å²) in [5.74, 6) is -0.757. The van der Waals surface area contributed by atoms with E-state index in [0.29, 0.717) is 16.8 Å². The van der Waals surface area contributed by atoms with Crippen molar-refractivity contribution in [3.63, 3.8) is 0 Å². The third-order valence-corrected chi connectivity index (χ3v) is 6.73. The zero-order valence-electron chi connectivity index (χ0n) is 16.7. The molecule has 3 aromatic carbocycles. The zero-order valence-corrected chi connectivity index (χ0v) is 18.2. The maximum atomic E-state index is 13.2. The highest BCUT2D eigenvalue weighted by Crippen LogP contribution is 2.27. The van der Waals surface area contributed by atoms with Gasteiger partial charge >= 0.3 is 5.97 Å². The number of nitrogens with zero attached hydrogens (tertiary/aromatic N) is 2. The van der Waals surface area contributed by atoms with E-state index in [4.69, 9.17) is 21.6 Å². The Bertz CT molecular complexity index is 1240. The molecule has 0 radical (unpaired) electrons. The van der Waals surface area contributed by atoms with Crippen LogP contribution >= 0.6 is 11.6 Å². The summed E-state index contributed by atoms with van der Waals surface area (Å²) >= 11 is 6.15. The number of ether oxygens (including phenoxy) is 1. The Kier molecular flexibility index (Phi) is 6.95. The molecule has 0 saturated heterocycles. The maximum Gasteiger partial charge on any atom is 0.340 e. The molecule has 8 heteroatoms. The molecule has 0 atom stereocenters. The largest absolute Gasteiger partial charge is 0.457 e. The number of nitriles is 1. The van der Waals surface area contributed by atoms with Gasteiger partial charge in [-0.1, -0.05) is 41.9 Å². The van der Waals surface area contributed by atoms with Gasteiger partial charge in [-0.25, -0.2) is 13.2 Å². The number of hydrogen-bond donors (Lipinski definition) is 0. The number of benzene rings is 3. The Hall–Kier alpha value is -3.34. The minimum Gasteiger partial charge on any atom is -0.457 e. The molecule has 0 fully saturated rings. The molecule has 0 aromatic heterocycles. The van der Waals surface area contributed by atoms with Gasteiger partial charge < -0.3 is 4.74 Å². The number of sulfonamides is 1. The van der Waals surface area contributed by atoms with E-state index >= 15 is 0 Å². The molecule has 0 aliphatic heterocycles. The molecule has 0 amide bonds. The van der Waals surface area contributed by atoms with Crippen LogP contribution in [0.3, 0.4) is 0 Å². The molecule has 0 aliphatic rings. The molecule has 0 saturated carbocycles. The number of carbonyl (C=O) groups is 1. The SMILES string of the molecule is CCN(c1ccccc1)S(=O)(=O)c1ccc(Cl)c(C(=O)OCc2cccc(C#N)c2)c1. The fourth-order valence-corrected chi connectivity index (χ4v) is 4.69. The second-order valence-electron chi connectivity index (χ2n) is 6.54. The first-order valence-electron chi connectivity index (χ1n) is 9.40. The van der Waals surface area contributed by atoms with Crippen LogP contribution in [0.25, 0.3) is 0 Å². The van der Waals surface area contributed by atoms with Gasteiger partial charge in [0.1, 0.15) is 6.61 Å². The van der Waals surface area contributed by atoms with Crippen molar-refractivity contribution in [1.29, 1.82) is 5.26 Å². The van der Waals surface area contributed by atoms with Crippen LogP contribution in [0.5, 0.6) is 0 Å². The van der Waals surface area contributed by atoms with Gasteiger partial charge in [-0.15, -0.1) is 0 Å². The van der Waals surface area contributed by atoms with Crippen LogP contribution in [-0.4, -0.2) is 20.9 Å². The minimum atomic E-state index is -3.92. The molecule has 3 rings (SSSR count). The van der Waals surface area contributed by atoms with Gasteiger partial charge in [0.15, 0.2) is 0 Å². The third kappa shape index (κ3) is 5.05. The van der Waals surface area contributed by atoms with Crippen LogP contribution in [-0.2, 0) is 21.4 Å². The Morgan fingerprint density at radius 3 is 2.48 bits per heavy atom. The van der Waals surface area contributed by atoms with Crippen LogP contribution in [0, 0.1) is 11.3 Å². The summed E-state index contributed by atoms with van der Waals surface area (Å²) in [5.41, 5.74) is 1.54. The lowest BCUT2D eigenvalue weighted by molar-refractivity contribution is 0.0472. The van der Waals surface area contributed by atoms with Gasteiger partial charge in [-0.2, -0.15) is 5.26 Å². The molecule has 0 N–H and O–H groups in total. The van der Waals surface area contributed by atoms with Gasteiger partial charge in [0.2, 0.25) is 0 Å². The van der Waals surface area contributed by atoms with Crippen LogP contribution in [0.15, 0.2) is 77.7 Å². The van der Waals surface area contributed by atoms with Gasteiger partial charge in [0.05, 0.1) is 32.8 Å². The smallest absolute Gasteiger partial charge is 0.340 e. The van der Waals surface area contributed by atoms with E-state index < -0.39 is 16.0 Å². The fraction of sp³-hybridized carbons (Fsp3) is 0.130. The second kappa shape index (κ2) is 9.65. The Morgan fingerprint density at radius 2 is 1.81 bits per heavy atom. The molecule has 158 valence electrons. The van der Waals surface area contributed by atoms with Crippen molar-refractivity contribution in [1.82, 2.24) is 0 Å². The summed E-state index contributed by atoms with van der Waals surface area (Å²) in [6, 6.07) is 21.3. The van der Waals surface area contributed by atoms with Crippen LogP contribution < -0.4 is 4.31 Å². The van der Waals surface area contributed by atoms with Crippen LogP contribution in [0.1, 0.15) is 28.4 Å². The summed E-state index contributed by atoms with van der Waals surface area (Å²) in [6.45, 7) is 1.86. The topological polar surface area (TPSA) is 87.5 Å². The fourth-order valence-electron chi connectivity index (χ4n) is 2.99. The average molecular weight is 455 g/mol. The highest BCUT2D eigenvalue weighted by molar-refractivity contribution is 7.92. The zero-order chi connectivity index (χ0) is 22.4. The molecule has 0 bridgehead atoms. The van der Waals surface area contributed by atoms with E-state index in [2.05, 4.69) is 0 Å². The number of esters is 1. The first kappa shape index (κ1) is 22.3. The molecule has 0 unspecified atom stereocenters. The van der Waals surface area contributed by atoms with Crippen molar-refractivity contribution < 1.29 is 17.9 Å². The van der Waals surface area contributed by atoms with E-state index in [1.165, 1.54) is 22.5 Å². The number of para-hydroxylation sites is 1. The lowest BCUT2D eigenvalue weighted by atomic mass is 10.1. The summed E-state index contributed by atoms with van der Waals surface area (Å²) in [7, 11) is -3.92. The molecular weight excluding hydrogens is 436 g/mol. The van der Waals surface area contributed by atoms with Crippen molar-refractivity contribution in [2.45, 2.75) is 18.4 Å². The standard InChI is InChI=1S/C23H19ClN2O4S/c1-2-26(19-9-4-3-5-10-19)31(28,29)20-11-12-22(24)21(14-20)23(27)30-16-18-8-6-7-17(13-18)15-25/h3-14H,2,16H2,1H3. The molecule has 6 nitrogen and oxygen atoms in total. The van der Waals surface area contributed by atoms with Crippen LogP contribution in [0.2, 0.25) is 5.02 Å². The van der Waals surface area contributed by atoms with Crippen LogP contribution in [0.4, 0.5) is 5.69 Å². The quantitative estimate of drug-likeness (QED) is 0.479. The highest BCUT2D eigenvalue weighted by atomic mass is 35.5. The van der Waals surface area contributed by atoms with E-state index in [1.807, 2.05) is 6.07 Å².